The Bertz CT molecular complexity index is 482. The Morgan fingerprint density at radius 3 is 2.65 bits per heavy atom. The number of ether oxygens (including phenoxy) is 1. The van der Waals surface area contributed by atoms with Crippen LogP contribution in [0.15, 0.2) is 30.5 Å². The molecule has 0 radical (unpaired) electrons. The topological polar surface area (TPSA) is 68.4 Å². The predicted octanol–water partition coefficient (Wildman–Crippen LogP) is 2.21. The fourth-order valence-corrected chi connectivity index (χ4v) is 2.20. The average Bonchev–Trinajstić information content (AvgIpc) is 2.76. The molecule has 0 aliphatic rings. The first kappa shape index (κ1) is 11.9. The fraction of sp³-hybridized carbons (Fsp3) is 0.250. The van der Waals surface area contributed by atoms with Gasteiger partial charge in [0.1, 0.15) is 11.9 Å². The minimum absolute atomic E-state index is 0.463. The van der Waals surface area contributed by atoms with Crippen molar-refractivity contribution in [2.45, 2.75) is 13.0 Å². The summed E-state index contributed by atoms with van der Waals surface area (Å²) in [4.78, 5) is 4.66. The number of aliphatic hydroxyl groups excluding tert-OH is 1. The SMILES string of the molecule is CCOc1ccc([C@@H](O)c2cnc(N)s2)cc1. The maximum absolute atomic E-state index is 10.1. The minimum atomic E-state index is -0.680. The highest BCUT2D eigenvalue weighted by atomic mass is 32.1. The number of nitrogens with zero attached hydrogens (tertiary/aromatic N) is 1. The predicted molar refractivity (Wildman–Crippen MR) is 68.2 cm³/mol. The lowest BCUT2D eigenvalue weighted by Gasteiger charge is -2.09. The van der Waals surface area contributed by atoms with Gasteiger partial charge in [0, 0.05) is 6.20 Å². The molecule has 0 saturated carbocycles. The summed E-state index contributed by atoms with van der Waals surface area (Å²) in [5, 5.41) is 10.6. The maximum atomic E-state index is 10.1. The molecule has 2 rings (SSSR count). The Balaban J connectivity index is 2.16. The lowest BCUT2D eigenvalue weighted by Crippen LogP contribution is -1.97. The van der Waals surface area contributed by atoms with Crippen LogP contribution in [0, 0.1) is 0 Å². The molecule has 90 valence electrons. The van der Waals surface area contributed by atoms with Crippen molar-refractivity contribution in [1.29, 1.82) is 0 Å². The van der Waals surface area contributed by atoms with E-state index in [2.05, 4.69) is 4.98 Å². The normalized spacial score (nSPS) is 12.4. The van der Waals surface area contributed by atoms with E-state index in [1.807, 2.05) is 31.2 Å². The molecule has 2 aromatic rings. The standard InChI is InChI=1S/C12H14N2O2S/c1-2-16-9-5-3-8(4-6-9)11(15)10-7-14-12(13)17-10/h3-7,11,15H,2H2,1H3,(H2,13,14)/t11-/m1/s1. The molecule has 0 spiro atoms. The molecular formula is C12H14N2O2S. The Labute approximate surface area is 104 Å². The molecule has 1 atom stereocenters. The van der Waals surface area contributed by atoms with Crippen LogP contribution in [0.1, 0.15) is 23.5 Å². The molecule has 17 heavy (non-hydrogen) atoms. The van der Waals surface area contributed by atoms with E-state index in [0.717, 1.165) is 16.2 Å². The highest BCUT2D eigenvalue weighted by Crippen LogP contribution is 2.28. The number of nitrogen functional groups attached to an aromatic ring is 1. The van der Waals surface area contributed by atoms with Gasteiger partial charge in [-0.2, -0.15) is 0 Å². The molecule has 1 heterocycles. The van der Waals surface area contributed by atoms with Crippen LogP contribution in [-0.2, 0) is 0 Å². The second-order valence-electron chi connectivity index (χ2n) is 3.51. The highest BCUT2D eigenvalue weighted by molar-refractivity contribution is 7.15. The van der Waals surface area contributed by atoms with Crippen molar-refractivity contribution >= 4 is 16.5 Å². The summed E-state index contributed by atoms with van der Waals surface area (Å²) in [6.07, 6.45) is 0.918. The molecule has 5 heteroatoms. The van der Waals surface area contributed by atoms with Crippen LogP contribution in [-0.4, -0.2) is 16.7 Å². The van der Waals surface area contributed by atoms with Gasteiger partial charge in [-0.3, -0.25) is 0 Å². The maximum Gasteiger partial charge on any atom is 0.180 e. The van der Waals surface area contributed by atoms with Crippen molar-refractivity contribution in [3.05, 3.63) is 40.9 Å². The third-order valence-electron chi connectivity index (χ3n) is 2.32. The first-order chi connectivity index (χ1) is 8.20. The molecule has 1 aromatic heterocycles. The lowest BCUT2D eigenvalue weighted by atomic mass is 10.1. The Hall–Kier alpha value is -1.59. The van der Waals surface area contributed by atoms with E-state index in [-0.39, 0.29) is 0 Å². The van der Waals surface area contributed by atoms with Crippen molar-refractivity contribution in [3.63, 3.8) is 0 Å². The Kier molecular flexibility index (Phi) is 3.61. The molecule has 3 N–H and O–H groups in total. The number of benzene rings is 1. The van der Waals surface area contributed by atoms with Gasteiger partial charge in [-0.1, -0.05) is 23.5 Å². The fourth-order valence-electron chi connectivity index (χ4n) is 1.50. The first-order valence-corrected chi connectivity index (χ1v) is 6.14. The van der Waals surface area contributed by atoms with Gasteiger partial charge in [-0.25, -0.2) is 4.98 Å². The number of nitrogens with two attached hydrogens (primary N) is 1. The largest absolute Gasteiger partial charge is 0.494 e. The molecule has 0 aliphatic heterocycles. The van der Waals surface area contributed by atoms with E-state index in [1.165, 1.54) is 11.3 Å². The number of hydrogen-bond donors (Lipinski definition) is 2. The van der Waals surface area contributed by atoms with Crippen LogP contribution >= 0.6 is 11.3 Å². The van der Waals surface area contributed by atoms with Gasteiger partial charge in [0.25, 0.3) is 0 Å². The highest BCUT2D eigenvalue weighted by Gasteiger charge is 2.13. The second kappa shape index (κ2) is 5.16. The van der Waals surface area contributed by atoms with Gasteiger partial charge in [-0.15, -0.1) is 0 Å². The molecule has 0 fully saturated rings. The zero-order valence-corrected chi connectivity index (χ0v) is 10.3. The van der Waals surface area contributed by atoms with Crippen LogP contribution in [0.4, 0.5) is 5.13 Å². The van der Waals surface area contributed by atoms with Crippen molar-refractivity contribution in [2.75, 3.05) is 12.3 Å². The number of hydrogen-bond acceptors (Lipinski definition) is 5. The number of thiazole rings is 1. The van der Waals surface area contributed by atoms with Crippen molar-refractivity contribution in [3.8, 4) is 5.75 Å². The van der Waals surface area contributed by atoms with E-state index in [4.69, 9.17) is 10.5 Å². The summed E-state index contributed by atoms with van der Waals surface area (Å²) >= 11 is 1.29. The van der Waals surface area contributed by atoms with Crippen molar-refractivity contribution < 1.29 is 9.84 Å². The van der Waals surface area contributed by atoms with E-state index in [1.54, 1.807) is 6.20 Å². The molecule has 0 bridgehead atoms. The molecule has 0 amide bonds. The van der Waals surface area contributed by atoms with Crippen LogP contribution in [0.25, 0.3) is 0 Å². The summed E-state index contributed by atoms with van der Waals surface area (Å²) in [5.41, 5.74) is 6.34. The number of anilines is 1. The van der Waals surface area contributed by atoms with Crippen LogP contribution in [0.2, 0.25) is 0 Å². The summed E-state index contributed by atoms with van der Waals surface area (Å²) in [6, 6.07) is 7.36. The van der Waals surface area contributed by atoms with E-state index in [0.29, 0.717) is 11.7 Å². The van der Waals surface area contributed by atoms with Gasteiger partial charge in [-0.05, 0) is 24.6 Å². The third kappa shape index (κ3) is 2.75. The first-order valence-electron chi connectivity index (χ1n) is 5.32. The molecule has 1 aromatic carbocycles. The zero-order valence-electron chi connectivity index (χ0n) is 9.46. The van der Waals surface area contributed by atoms with Gasteiger partial charge in [0.2, 0.25) is 0 Å². The van der Waals surface area contributed by atoms with Gasteiger partial charge in [0.15, 0.2) is 5.13 Å². The van der Waals surface area contributed by atoms with Crippen molar-refractivity contribution in [1.82, 2.24) is 4.98 Å². The summed E-state index contributed by atoms with van der Waals surface area (Å²) in [5.74, 6) is 0.798. The van der Waals surface area contributed by atoms with Gasteiger partial charge in [0.05, 0.1) is 11.5 Å². The smallest absolute Gasteiger partial charge is 0.180 e. The summed E-state index contributed by atoms with van der Waals surface area (Å²) < 4.78 is 5.34. The third-order valence-corrected chi connectivity index (χ3v) is 3.20. The number of rotatable bonds is 4. The number of aromatic nitrogens is 1. The average molecular weight is 250 g/mol. The van der Waals surface area contributed by atoms with E-state index < -0.39 is 6.10 Å². The molecule has 0 unspecified atom stereocenters. The minimum Gasteiger partial charge on any atom is -0.494 e. The monoisotopic (exact) mass is 250 g/mol. The van der Waals surface area contributed by atoms with Crippen LogP contribution in [0.5, 0.6) is 5.75 Å². The van der Waals surface area contributed by atoms with Gasteiger partial charge < -0.3 is 15.6 Å². The van der Waals surface area contributed by atoms with Crippen LogP contribution < -0.4 is 10.5 Å². The molecule has 0 aliphatic carbocycles. The van der Waals surface area contributed by atoms with Gasteiger partial charge >= 0.3 is 0 Å². The van der Waals surface area contributed by atoms with Crippen LogP contribution in [0.3, 0.4) is 0 Å². The van der Waals surface area contributed by atoms with E-state index in [9.17, 15) is 5.11 Å². The second-order valence-corrected chi connectivity index (χ2v) is 4.60. The zero-order chi connectivity index (χ0) is 12.3. The van der Waals surface area contributed by atoms with Crippen molar-refractivity contribution in [2.24, 2.45) is 0 Å². The summed E-state index contributed by atoms with van der Waals surface area (Å²) in [7, 11) is 0. The molecule has 0 saturated heterocycles. The summed E-state index contributed by atoms with van der Waals surface area (Å²) in [6.45, 7) is 2.57. The molecule has 4 nitrogen and oxygen atoms in total. The molecular weight excluding hydrogens is 236 g/mol. The Morgan fingerprint density at radius 1 is 1.41 bits per heavy atom. The quantitative estimate of drug-likeness (QED) is 0.873. The number of aliphatic hydroxyl groups is 1. The Morgan fingerprint density at radius 2 is 2.12 bits per heavy atom. The lowest BCUT2D eigenvalue weighted by molar-refractivity contribution is 0.223. The van der Waals surface area contributed by atoms with E-state index >= 15 is 0 Å².